The summed E-state index contributed by atoms with van der Waals surface area (Å²) in [6.45, 7) is 3.23. The van der Waals surface area contributed by atoms with Crippen LogP contribution in [0.1, 0.15) is 13.3 Å². The molecule has 0 radical (unpaired) electrons. The number of β-amino-alcohol motifs (C(OH)–C–C–N with tert-alkyl or cyclic N) is 1. The number of rotatable bonds is 3. The predicted molar refractivity (Wildman–Crippen MR) is 99.3 cm³/mol. The number of hydrogen-bond acceptors (Lipinski definition) is 7. The molecule has 138 valence electrons. The third-order valence-corrected chi connectivity index (χ3v) is 4.08. The summed E-state index contributed by atoms with van der Waals surface area (Å²) >= 11 is 0. The minimum atomic E-state index is -0.321. The van der Waals surface area contributed by atoms with Gasteiger partial charge in [-0.05, 0) is 37.6 Å². The third kappa shape index (κ3) is 3.76. The van der Waals surface area contributed by atoms with Crippen LogP contribution in [0.4, 0.5) is 5.95 Å². The first-order valence-corrected chi connectivity index (χ1v) is 8.55. The SMILES string of the molecule is CCO.COc1ccc(-c2nc(N3CC[C@@H](O)C3)nc3nc[nH]c23)cc1. The maximum Gasteiger partial charge on any atom is 0.228 e. The van der Waals surface area contributed by atoms with Crippen LogP contribution in [0.25, 0.3) is 22.4 Å². The zero-order valence-corrected chi connectivity index (χ0v) is 14.9. The van der Waals surface area contributed by atoms with Crippen LogP contribution in [-0.2, 0) is 0 Å². The van der Waals surface area contributed by atoms with Crippen molar-refractivity contribution in [3.05, 3.63) is 30.6 Å². The molecule has 1 aliphatic heterocycles. The van der Waals surface area contributed by atoms with Crippen molar-refractivity contribution >= 4 is 17.1 Å². The quantitative estimate of drug-likeness (QED) is 0.653. The molecule has 3 N–H and O–H groups in total. The highest BCUT2D eigenvalue weighted by atomic mass is 16.5. The van der Waals surface area contributed by atoms with E-state index in [0.29, 0.717) is 18.1 Å². The Balaban J connectivity index is 0.000000613. The summed E-state index contributed by atoms with van der Waals surface area (Å²) in [5, 5.41) is 17.3. The van der Waals surface area contributed by atoms with Crippen molar-refractivity contribution in [2.24, 2.45) is 0 Å². The number of anilines is 1. The Morgan fingerprint density at radius 1 is 1.27 bits per heavy atom. The van der Waals surface area contributed by atoms with Gasteiger partial charge in [0, 0.05) is 25.3 Å². The van der Waals surface area contributed by atoms with Gasteiger partial charge in [-0.15, -0.1) is 0 Å². The number of benzene rings is 1. The number of aromatic nitrogens is 4. The molecule has 8 heteroatoms. The summed E-state index contributed by atoms with van der Waals surface area (Å²) in [4.78, 5) is 18.6. The highest BCUT2D eigenvalue weighted by Gasteiger charge is 2.24. The Morgan fingerprint density at radius 3 is 2.62 bits per heavy atom. The lowest BCUT2D eigenvalue weighted by atomic mass is 10.1. The molecule has 1 fully saturated rings. The lowest BCUT2D eigenvalue weighted by Gasteiger charge is -2.16. The molecule has 0 bridgehead atoms. The molecule has 4 rings (SSSR count). The van der Waals surface area contributed by atoms with Crippen LogP contribution in [0.5, 0.6) is 5.75 Å². The van der Waals surface area contributed by atoms with Crippen molar-refractivity contribution in [2.45, 2.75) is 19.4 Å². The number of ether oxygens (including phenoxy) is 1. The summed E-state index contributed by atoms with van der Waals surface area (Å²) in [7, 11) is 1.64. The number of aliphatic hydroxyl groups excluding tert-OH is 2. The fourth-order valence-corrected chi connectivity index (χ4v) is 2.84. The number of aliphatic hydroxyl groups is 2. The molecule has 0 amide bonds. The average Bonchev–Trinajstić information content (AvgIpc) is 3.30. The van der Waals surface area contributed by atoms with Crippen LogP contribution in [0.2, 0.25) is 0 Å². The largest absolute Gasteiger partial charge is 0.497 e. The van der Waals surface area contributed by atoms with Gasteiger partial charge in [-0.3, -0.25) is 0 Å². The summed E-state index contributed by atoms with van der Waals surface area (Å²) in [5.41, 5.74) is 3.19. The van der Waals surface area contributed by atoms with Gasteiger partial charge < -0.3 is 24.8 Å². The molecular weight excluding hydrogens is 334 g/mol. The van der Waals surface area contributed by atoms with Crippen molar-refractivity contribution in [1.82, 2.24) is 19.9 Å². The van der Waals surface area contributed by atoms with E-state index in [9.17, 15) is 5.11 Å². The first-order chi connectivity index (χ1) is 12.7. The van der Waals surface area contributed by atoms with Crippen LogP contribution >= 0.6 is 0 Å². The van der Waals surface area contributed by atoms with E-state index in [2.05, 4.69) is 15.0 Å². The first kappa shape index (κ1) is 18.1. The van der Waals surface area contributed by atoms with Crippen molar-refractivity contribution < 1.29 is 14.9 Å². The van der Waals surface area contributed by atoms with Gasteiger partial charge in [0.15, 0.2) is 5.65 Å². The van der Waals surface area contributed by atoms with Gasteiger partial charge >= 0.3 is 0 Å². The number of methoxy groups -OCH3 is 1. The van der Waals surface area contributed by atoms with E-state index in [4.69, 9.17) is 14.8 Å². The van der Waals surface area contributed by atoms with Gasteiger partial charge in [-0.2, -0.15) is 4.98 Å². The number of nitrogens with one attached hydrogen (secondary N) is 1. The summed E-state index contributed by atoms with van der Waals surface area (Å²) < 4.78 is 5.21. The van der Waals surface area contributed by atoms with E-state index in [1.807, 2.05) is 29.2 Å². The number of imidazole rings is 1. The Bertz CT molecular complexity index is 850. The lowest BCUT2D eigenvalue weighted by molar-refractivity contribution is 0.198. The monoisotopic (exact) mass is 357 g/mol. The van der Waals surface area contributed by atoms with Gasteiger partial charge in [-0.25, -0.2) is 9.97 Å². The maximum absolute atomic E-state index is 9.75. The second-order valence-electron chi connectivity index (χ2n) is 5.91. The van der Waals surface area contributed by atoms with Crippen molar-refractivity contribution in [2.75, 3.05) is 31.7 Å². The topological polar surface area (TPSA) is 107 Å². The van der Waals surface area contributed by atoms with E-state index < -0.39 is 0 Å². The Labute approximate surface area is 151 Å². The fourth-order valence-electron chi connectivity index (χ4n) is 2.84. The average molecular weight is 357 g/mol. The molecule has 1 atom stereocenters. The van der Waals surface area contributed by atoms with Crippen molar-refractivity contribution in [3.63, 3.8) is 0 Å². The Kier molecular flexibility index (Phi) is 5.65. The molecule has 26 heavy (non-hydrogen) atoms. The smallest absolute Gasteiger partial charge is 0.228 e. The number of nitrogens with zero attached hydrogens (tertiary/aromatic N) is 4. The molecule has 0 unspecified atom stereocenters. The molecule has 2 aromatic heterocycles. The van der Waals surface area contributed by atoms with E-state index in [0.717, 1.165) is 35.5 Å². The number of hydrogen-bond donors (Lipinski definition) is 3. The van der Waals surface area contributed by atoms with Crippen LogP contribution in [0.3, 0.4) is 0 Å². The molecular formula is C18H23N5O3. The van der Waals surface area contributed by atoms with E-state index in [1.54, 1.807) is 20.4 Å². The molecule has 3 aromatic rings. The molecule has 8 nitrogen and oxygen atoms in total. The second-order valence-corrected chi connectivity index (χ2v) is 5.91. The first-order valence-electron chi connectivity index (χ1n) is 8.55. The second kappa shape index (κ2) is 8.11. The van der Waals surface area contributed by atoms with Crippen molar-refractivity contribution in [1.29, 1.82) is 0 Å². The van der Waals surface area contributed by atoms with Gasteiger partial charge in [0.2, 0.25) is 5.95 Å². The highest BCUT2D eigenvalue weighted by molar-refractivity contribution is 5.88. The van der Waals surface area contributed by atoms with Crippen LogP contribution in [0.15, 0.2) is 30.6 Å². The molecule has 1 aromatic carbocycles. The van der Waals surface area contributed by atoms with Crippen LogP contribution < -0.4 is 9.64 Å². The zero-order chi connectivity index (χ0) is 18.5. The molecule has 0 aliphatic carbocycles. The van der Waals surface area contributed by atoms with Crippen molar-refractivity contribution in [3.8, 4) is 17.0 Å². The number of aromatic amines is 1. The van der Waals surface area contributed by atoms with Crippen LogP contribution in [-0.4, -0.2) is 63.1 Å². The minimum Gasteiger partial charge on any atom is -0.497 e. The lowest BCUT2D eigenvalue weighted by Crippen LogP contribution is -2.23. The Hall–Kier alpha value is -2.71. The molecule has 1 saturated heterocycles. The van der Waals surface area contributed by atoms with E-state index in [1.165, 1.54) is 0 Å². The van der Waals surface area contributed by atoms with Gasteiger partial charge in [0.05, 0.1) is 19.5 Å². The van der Waals surface area contributed by atoms with Gasteiger partial charge in [-0.1, -0.05) is 0 Å². The van der Waals surface area contributed by atoms with E-state index >= 15 is 0 Å². The summed E-state index contributed by atoms with van der Waals surface area (Å²) in [5.74, 6) is 1.40. The zero-order valence-electron chi connectivity index (χ0n) is 14.9. The maximum atomic E-state index is 9.75. The molecule has 0 spiro atoms. The molecule has 3 heterocycles. The summed E-state index contributed by atoms with van der Waals surface area (Å²) in [6.07, 6.45) is 2.03. The standard InChI is InChI=1S/C16H17N5O2.C2H6O/c1-23-12-4-2-10(3-5-12)13-14-15(18-9-17-14)20-16(19-13)21-7-6-11(22)8-21;1-2-3/h2-5,9,11,22H,6-8H2,1H3,(H,17,18,19,20);3H,2H2,1H3/t11-;/m1./s1. The normalized spacial score (nSPS) is 16.5. The predicted octanol–water partition coefficient (Wildman–Crippen LogP) is 1.60. The van der Waals surface area contributed by atoms with Gasteiger partial charge in [0.1, 0.15) is 17.0 Å². The van der Waals surface area contributed by atoms with Gasteiger partial charge in [0.25, 0.3) is 0 Å². The Morgan fingerprint density at radius 2 is 2.00 bits per heavy atom. The molecule has 0 saturated carbocycles. The fraction of sp³-hybridized carbons (Fsp3) is 0.389. The van der Waals surface area contributed by atoms with E-state index in [-0.39, 0.29) is 12.7 Å². The number of H-pyrrole nitrogens is 1. The number of fused-ring (bicyclic) bond motifs is 1. The highest BCUT2D eigenvalue weighted by Crippen LogP contribution is 2.28. The summed E-state index contributed by atoms with van der Waals surface area (Å²) in [6, 6.07) is 7.73. The molecule has 1 aliphatic rings. The minimum absolute atomic E-state index is 0.250. The van der Waals surface area contributed by atoms with Crippen LogP contribution in [0, 0.1) is 0 Å². The third-order valence-electron chi connectivity index (χ3n) is 4.08.